The van der Waals surface area contributed by atoms with Gasteiger partial charge in [-0.3, -0.25) is 9.69 Å². The average Bonchev–Trinajstić information content (AvgIpc) is 3.16. The molecule has 1 aliphatic rings. The van der Waals surface area contributed by atoms with Crippen molar-refractivity contribution in [2.45, 2.75) is 32.2 Å². The zero-order chi connectivity index (χ0) is 15.4. The fourth-order valence-electron chi connectivity index (χ4n) is 3.01. The summed E-state index contributed by atoms with van der Waals surface area (Å²) in [5, 5.41) is 15.0. The Bertz CT molecular complexity index is 609. The Labute approximate surface area is 133 Å². The van der Waals surface area contributed by atoms with Gasteiger partial charge in [0, 0.05) is 25.6 Å². The third-order valence-corrected chi connectivity index (χ3v) is 4.96. The molecule has 0 aliphatic carbocycles. The molecule has 2 aromatic heterocycles. The summed E-state index contributed by atoms with van der Waals surface area (Å²) in [5.74, 6) is 0.604. The molecule has 1 fully saturated rings. The van der Waals surface area contributed by atoms with Gasteiger partial charge < -0.3 is 9.63 Å². The molecule has 118 valence electrons. The van der Waals surface area contributed by atoms with Gasteiger partial charge in [0.05, 0.1) is 10.6 Å². The average molecular weight is 320 g/mol. The summed E-state index contributed by atoms with van der Waals surface area (Å²) in [7, 11) is 0. The summed E-state index contributed by atoms with van der Waals surface area (Å²) >= 11 is 1.64. The second-order valence-corrected chi connectivity index (χ2v) is 6.78. The molecule has 0 amide bonds. The van der Waals surface area contributed by atoms with Crippen molar-refractivity contribution in [1.29, 1.82) is 0 Å². The van der Waals surface area contributed by atoms with E-state index in [4.69, 9.17) is 9.63 Å². The maximum atomic E-state index is 10.7. The second-order valence-electron chi connectivity index (χ2n) is 5.84. The van der Waals surface area contributed by atoms with Crippen molar-refractivity contribution < 1.29 is 14.4 Å². The van der Waals surface area contributed by atoms with Crippen LogP contribution in [0.15, 0.2) is 28.1 Å². The topological polar surface area (TPSA) is 66.6 Å². The Morgan fingerprint density at radius 2 is 2.45 bits per heavy atom. The lowest BCUT2D eigenvalue weighted by molar-refractivity contribution is -0.137. The van der Waals surface area contributed by atoms with E-state index < -0.39 is 5.97 Å². The van der Waals surface area contributed by atoms with Crippen LogP contribution in [0.4, 0.5) is 0 Å². The number of hydrogen-bond acceptors (Lipinski definition) is 5. The van der Waals surface area contributed by atoms with E-state index in [0.29, 0.717) is 5.92 Å². The number of carbonyl (C=O) groups is 1. The molecule has 0 spiro atoms. The number of carboxylic acids is 1. The SMILES string of the molecule is O=C(O)CCC1CCCN(Cc2cc(-c3cccs3)on2)C1. The zero-order valence-electron chi connectivity index (χ0n) is 12.4. The molecule has 0 aromatic carbocycles. The van der Waals surface area contributed by atoms with Crippen molar-refractivity contribution in [2.75, 3.05) is 13.1 Å². The molecule has 0 radical (unpaired) electrons. The molecule has 22 heavy (non-hydrogen) atoms. The number of likely N-dealkylation sites (tertiary alicyclic amines) is 1. The van der Waals surface area contributed by atoms with Crippen LogP contribution < -0.4 is 0 Å². The van der Waals surface area contributed by atoms with Crippen molar-refractivity contribution in [3.8, 4) is 10.6 Å². The first-order valence-corrected chi connectivity index (χ1v) is 8.52. The Hall–Kier alpha value is -1.66. The minimum Gasteiger partial charge on any atom is -0.481 e. The van der Waals surface area contributed by atoms with Gasteiger partial charge in [0.2, 0.25) is 0 Å². The van der Waals surface area contributed by atoms with Crippen molar-refractivity contribution in [2.24, 2.45) is 5.92 Å². The smallest absolute Gasteiger partial charge is 0.303 e. The van der Waals surface area contributed by atoms with E-state index in [1.54, 1.807) is 11.3 Å². The fraction of sp³-hybridized carbons (Fsp3) is 0.500. The van der Waals surface area contributed by atoms with E-state index in [1.165, 1.54) is 0 Å². The molecule has 1 saturated heterocycles. The van der Waals surface area contributed by atoms with Crippen LogP contribution in [0.1, 0.15) is 31.4 Å². The molecule has 3 heterocycles. The van der Waals surface area contributed by atoms with Crippen molar-refractivity contribution in [3.05, 3.63) is 29.3 Å². The van der Waals surface area contributed by atoms with Gasteiger partial charge in [-0.1, -0.05) is 11.2 Å². The molecule has 6 heteroatoms. The quantitative estimate of drug-likeness (QED) is 0.882. The molecule has 1 N–H and O–H groups in total. The number of piperidine rings is 1. The van der Waals surface area contributed by atoms with Gasteiger partial charge >= 0.3 is 5.97 Å². The van der Waals surface area contributed by atoms with Crippen molar-refractivity contribution in [1.82, 2.24) is 10.1 Å². The predicted molar refractivity (Wildman–Crippen MR) is 84.7 cm³/mol. The number of rotatable bonds is 6. The normalized spacial score (nSPS) is 19.4. The van der Waals surface area contributed by atoms with Crippen LogP contribution in [0.25, 0.3) is 10.6 Å². The second kappa shape index (κ2) is 7.07. The Kier molecular flexibility index (Phi) is 4.90. The van der Waals surface area contributed by atoms with Crippen LogP contribution in [0, 0.1) is 5.92 Å². The third kappa shape index (κ3) is 3.96. The highest BCUT2D eigenvalue weighted by atomic mass is 32.1. The van der Waals surface area contributed by atoms with Crippen LogP contribution in [-0.2, 0) is 11.3 Å². The van der Waals surface area contributed by atoms with Crippen LogP contribution in [-0.4, -0.2) is 34.2 Å². The Balaban J connectivity index is 1.55. The van der Waals surface area contributed by atoms with E-state index in [0.717, 1.165) is 55.2 Å². The lowest BCUT2D eigenvalue weighted by Crippen LogP contribution is -2.35. The Morgan fingerprint density at radius 3 is 3.23 bits per heavy atom. The molecular formula is C16H20N2O3S. The maximum absolute atomic E-state index is 10.7. The molecule has 5 nitrogen and oxygen atoms in total. The fourth-order valence-corrected chi connectivity index (χ4v) is 3.68. The van der Waals surface area contributed by atoms with E-state index in [9.17, 15) is 4.79 Å². The molecule has 1 aliphatic heterocycles. The highest BCUT2D eigenvalue weighted by molar-refractivity contribution is 7.13. The molecule has 1 unspecified atom stereocenters. The van der Waals surface area contributed by atoms with Gasteiger partial charge in [-0.2, -0.15) is 0 Å². The van der Waals surface area contributed by atoms with Crippen LogP contribution in [0.2, 0.25) is 0 Å². The lowest BCUT2D eigenvalue weighted by Gasteiger charge is -2.31. The number of hydrogen-bond donors (Lipinski definition) is 1. The van der Waals surface area contributed by atoms with Crippen LogP contribution in [0.5, 0.6) is 0 Å². The number of carboxylic acid groups (broad SMARTS) is 1. The summed E-state index contributed by atoms with van der Waals surface area (Å²) in [6.45, 7) is 2.78. The first-order chi connectivity index (χ1) is 10.7. The highest BCUT2D eigenvalue weighted by Gasteiger charge is 2.21. The molecule has 1 atom stereocenters. The van der Waals surface area contributed by atoms with E-state index in [1.807, 2.05) is 23.6 Å². The van der Waals surface area contributed by atoms with Crippen LogP contribution >= 0.6 is 11.3 Å². The summed E-state index contributed by atoms with van der Waals surface area (Å²) in [6, 6.07) is 6.03. The molecule has 0 bridgehead atoms. The number of nitrogens with zero attached hydrogens (tertiary/aromatic N) is 2. The number of aliphatic carboxylic acids is 1. The van der Waals surface area contributed by atoms with Gasteiger partial charge in [0.15, 0.2) is 5.76 Å². The minimum atomic E-state index is -0.700. The summed E-state index contributed by atoms with van der Waals surface area (Å²) in [6.07, 6.45) is 3.29. The van der Waals surface area contributed by atoms with E-state index >= 15 is 0 Å². The molecular weight excluding hydrogens is 300 g/mol. The van der Waals surface area contributed by atoms with E-state index in [2.05, 4.69) is 10.1 Å². The first kappa shape index (κ1) is 15.2. The Morgan fingerprint density at radius 1 is 1.55 bits per heavy atom. The van der Waals surface area contributed by atoms with Crippen LogP contribution in [0.3, 0.4) is 0 Å². The predicted octanol–water partition coefficient (Wildman–Crippen LogP) is 3.48. The highest BCUT2D eigenvalue weighted by Crippen LogP contribution is 2.27. The first-order valence-electron chi connectivity index (χ1n) is 7.64. The minimum absolute atomic E-state index is 0.269. The summed E-state index contributed by atoms with van der Waals surface area (Å²) in [4.78, 5) is 14.1. The van der Waals surface area contributed by atoms with Gasteiger partial charge in [-0.05, 0) is 43.2 Å². The van der Waals surface area contributed by atoms with Gasteiger partial charge in [-0.25, -0.2) is 0 Å². The van der Waals surface area contributed by atoms with Crippen molar-refractivity contribution in [3.63, 3.8) is 0 Å². The lowest BCUT2D eigenvalue weighted by atomic mass is 9.93. The summed E-state index contributed by atoms with van der Waals surface area (Å²) < 4.78 is 5.41. The third-order valence-electron chi connectivity index (χ3n) is 4.08. The van der Waals surface area contributed by atoms with Crippen molar-refractivity contribution >= 4 is 17.3 Å². The summed E-state index contributed by atoms with van der Waals surface area (Å²) in [5.41, 5.74) is 0.947. The number of thiophene rings is 1. The van der Waals surface area contributed by atoms with Gasteiger partial charge in [-0.15, -0.1) is 11.3 Å². The maximum Gasteiger partial charge on any atom is 0.303 e. The molecule has 2 aromatic rings. The van der Waals surface area contributed by atoms with Gasteiger partial charge in [0.25, 0.3) is 0 Å². The molecule has 3 rings (SSSR count). The number of aromatic nitrogens is 1. The zero-order valence-corrected chi connectivity index (χ0v) is 13.2. The largest absolute Gasteiger partial charge is 0.481 e. The monoisotopic (exact) mass is 320 g/mol. The van der Waals surface area contributed by atoms with Gasteiger partial charge in [0.1, 0.15) is 0 Å². The standard InChI is InChI=1S/C16H20N2O3S/c19-16(20)6-5-12-3-1-7-18(10-12)11-13-9-14(21-17-13)15-4-2-8-22-15/h2,4,8-9,12H,1,3,5-7,10-11H2,(H,19,20). The molecule has 0 saturated carbocycles. The van der Waals surface area contributed by atoms with E-state index in [-0.39, 0.29) is 6.42 Å².